The van der Waals surface area contributed by atoms with Crippen molar-refractivity contribution in [2.75, 3.05) is 26.2 Å². The summed E-state index contributed by atoms with van der Waals surface area (Å²) >= 11 is 0. The molecule has 2 heteroatoms. The Morgan fingerprint density at radius 1 is 1.29 bits per heavy atom. The van der Waals surface area contributed by atoms with Crippen LogP contribution in [0.2, 0.25) is 0 Å². The van der Waals surface area contributed by atoms with E-state index in [9.17, 15) is 0 Å². The van der Waals surface area contributed by atoms with Gasteiger partial charge in [-0.05, 0) is 43.6 Å². The standard InChI is InChI=1S/C12H22N2/c1-9-7-13-4-5-14(8-9)12-3-2-10-6-11(10)12/h9-13H,2-8H2,1H3. The van der Waals surface area contributed by atoms with Crippen molar-refractivity contribution in [3.8, 4) is 0 Å². The van der Waals surface area contributed by atoms with Gasteiger partial charge in [-0.3, -0.25) is 4.90 Å². The Morgan fingerprint density at radius 2 is 2.21 bits per heavy atom. The van der Waals surface area contributed by atoms with Gasteiger partial charge in [0.25, 0.3) is 0 Å². The molecule has 1 aliphatic heterocycles. The Morgan fingerprint density at radius 3 is 2.93 bits per heavy atom. The molecule has 1 heterocycles. The average molecular weight is 194 g/mol. The number of nitrogens with zero attached hydrogens (tertiary/aromatic N) is 1. The van der Waals surface area contributed by atoms with Crippen molar-refractivity contribution in [3.05, 3.63) is 0 Å². The molecular weight excluding hydrogens is 172 g/mol. The van der Waals surface area contributed by atoms with Gasteiger partial charge < -0.3 is 5.32 Å². The largest absolute Gasteiger partial charge is 0.315 e. The molecule has 0 radical (unpaired) electrons. The van der Waals surface area contributed by atoms with Crippen LogP contribution in [-0.4, -0.2) is 37.1 Å². The SMILES string of the molecule is CC1CNCCN(C2CCC3CC32)C1. The van der Waals surface area contributed by atoms with Gasteiger partial charge in [-0.15, -0.1) is 0 Å². The van der Waals surface area contributed by atoms with Crippen LogP contribution in [0.1, 0.15) is 26.2 Å². The van der Waals surface area contributed by atoms with Crippen LogP contribution in [0, 0.1) is 17.8 Å². The molecule has 0 amide bonds. The lowest BCUT2D eigenvalue weighted by molar-refractivity contribution is 0.175. The van der Waals surface area contributed by atoms with Crippen LogP contribution in [0.25, 0.3) is 0 Å². The zero-order valence-corrected chi connectivity index (χ0v) is 9.21. The number of hydrogen-bond donors (Lipinski definition) is 1. The summed E-state index contributed by atoms with van der Waals surface area (Å²) in [5.41, 5.74) is 0. The van der Waals surface area contributed by atoms with Crippen molar-refractivity contribution in [1.82, 2.24) is 10.2 Å². The van der Waals surface area contributed by atoms with Gasteiger partial charge in [0.15, 0.2) is 0 Å². The molecule has 1 N–H and O–H groups in total. The second-order valence-corrected chi connectivity index (χ2v) is 5.61. The first-order chi connectivity index (χ1) is 6.84. The van der Waals surface area contributed by atoms with Gasteiger partial charge in [0, 0.05) is 25.7 Å². The van der Waals surface area contributed by atoms with Crippen molar-refractivity contribution < 1.29 is 0 Å². The Labute approximate surface area is 87.0 Å². The van der Waals surface area contributed by atoms with Gasteiger partial charge in [0.05, 0.1) is 0 Å². The van der Waals surface area contributed by atoms with Crippen molar-refractivity contribution in [1.29, 1.82) is 0 Å². The number of fused-ring (bicyclic) bond motifs is 1. The summed E-state index contributed by atoms with van der Waals surface area (Å²) in [5.74, 6) is 3.07. The van der Waals surface area contributed by atoms with Gasteiger partial charge in [-0.25, -0.2) is 0 Å². The number of hydrogen-bond acceptors (Lipinski definition) is 2. The van der Waals surface area contributed by atoms with Crippen LogP contribution in [-0.2, 0) is 0 Å². The molecule has 3 aliphatic rings. The van der Waals surface area contributed by atoms with Crippen LogP contribution in [0.15, 0.2) is 0 Å². The normalized spacial score (nSPS) is 48.6. The fourth-order valence-electron chi connectivity index (χ4n) is 3.55. The molecule has 3 rings (SSSR count). The highest BCUT2D eigenvalue weighted by atomic mass is 15.2. The molecule has 3 fully saturated rings. The minimum absolute atomic E-state index is 0.843. The highest BCUT2D eigenvalue weighted by Crippen LogP contribution is 2.53. The summed E-state index contributed by atoms with van der Waals surface area (Å²) < 4.78 is 0. The molecule has 0 spiro atoms. The van der Waals surface area contributed by atoms with E-state index in [1.807, 2.05) is 0 Å². The van der Waals surface area contributed by atoms with Crippen molar-refractivity contribution in [3.63, 3.8) is 0 Å². The fourth-order valence-corrected chi connectivity index (χ4v) is 3.55. The van der Waals surface area contributed by atoms with Gasteiger partial charge in [-0.1, -0.05) is 6.92 Å². The van der Waals surface area contributed by atoms with E-state index in [1.54, 1.807) is 6.42 Å². The van der Waals surface area contributed by atoms with Gasteiger partial charge >= 0.3 is 0 Å². The second-order valence-electron chi connectivity index (χ2n) is 5.61. The van der Waals surface area contributed by atoms with Gasteiger partial charge in [0.2, 0.25) is 0 Å². The number of nitrogens with one attached hydrogen (secondary N) is 1. The van der Waals surface area contributed by atoms with Crippen molar-refractivity contribution >= 4 is 0 Å². The van der Waals surface area contributed by atoms with Gasteiger partial charge in [0.1, 0.15) is 0 Å². The van der Waals surface area contributed by atoms with Crippen LogP contribution < -0.4 is 5.32 Å². The maximum atomic E-state index is 3.54. The average Bonchev–Trinajstić information content (AvgIpc) is 2.89. The van der Waals surface area contributed by atoms with Crippen molar-refractivity contribution in [2.45, 2.75) is 32.2 Å². The van der Waals surface area contributed by atoms with Crippen LogP contribution in [0.4, 0.5) is 0 Å². The third-order valence-electron chi connectivity index (χ3n) is 4.39. The molecule has 80 valence electrons. The van der Waals surface area contributed by atoms with E-state index in [-0.39, 0.29) is 0 Å². The van der Waals surface area contributed by atoms with Gasteiger partial charge in [-0.2, -0.15) is 0 Å². The molecular formula is C12H22N2. The first-order valence-electron chi connectivity index (χ1n) is 6.29. The smallest absolute Gasteiger partial charge is 0.0127 e. The zero-order valence-electron chi connectivity index (χ0n) is 9.21. The summed E-state index contributed by atoms with van der Waals surface area (Å²) in [6.45, 7) is 7.43. The topological polar surface area (TPSA) is 15.3 Å². The minimum Gasteiger partial charge on any atom is -0.315 e. The maximum absolute atomic E-state index is 3.54. The predicted octanol–water partition coefficient (Wildman–Crippen LogP) is 1.33. The first kappa shape index (κ1) is 9.17. The Hall–Kier alpha value is -0.0800. The molecule has 2 saturated carbocycles. The van der Waals surface area contributed by atoms with E-state index in [2.05, 4.69) is 17.1 Å². The second kappa shape index (κ2) is 3.49. The molecule has 0 aromatic carbocycles. The van der Waals surface area contributed by atoms with E-state index in [1.165, 1.54) is 39.0 Å². The molecule has 4 unspecified atom stereocenters. The maximum Gasteiger partial charge on any atom is 0.0127 e. The molecule has 1 saturated heterocycles. The van der Waals surface area contributed by atoms with Crippen LogP contribution >= 0.6 is 0 Å². The highest BCUT2D eigenvalue weighted by molar-refractivity contribution is 5.02. The molecule has 2 nitrogen and oxygen atoms in total. The van der Waals surface area contributed by atoms with Crippen molar-refractivity contribution in [2.24, 2.45) is 17.8 Å². The van der Waals surface area contributed by atoms with E-state index in [0.29, 0.717) is 0 Å². The lowest BCUT2D eigenvalue weighted by Crippen LogP contribution is -2.39. The van der Waals surface area contributed by atoms with Crippen LogP contribution in [0.5, 0.6) is 0 Å². The Balaban J connectivity index is 1.64. The lowest BCUT2D eigenvalue weighted by atomic mass is 10.1. The van der Waals surface area contributed by atoms with E-state index in [0.717, 1.165) is 23.8 Å². The third-order valence-corrected chi connectivity index (χ3v) is 4.39. The summed E-state index contributed by atoms with van der Waals surface area (Å²) in [6.07, 6.45) is 4.55. The molecule has 4 atom stereocenters. The number of rotatable bonds is 1. The summed E-state index contributed by atoms with van der Waals surface area (Å²) in [5, 5.41) is 3.54. The van der Waals surface area contributed by atoms with E-state index >= 15 is 0 Å². The highest BCUT2D eigenvalue weighted by Gasteiger charge is 2.49. The molecule has 0 bridgehead atoms. The molecule has 14 heavy (non-hydrogen) atoms. The lowest BCUT2D eigenvalue weighted by Gasteiger charge is -2.29. The van der Waals surface area contributed by atoms with E-state index < -0.39 is 0 Å². The fraction of sp³-hybridized carbons (Fsp3) is 1.00. The molecule has 0 aromatic rings. The van der Waals surface area contributed by atoms with E-state index in [4.69, 9.17) is 0 Å². The minimum atomic E-state index is 0.843. The predicted molar refractivity (Wildman–Crippen MR) is 58.2 cm³/mol. The molecule has 2 aliphatic carbocycles. The monoisotopic (exact) mass is 194 g/mol. The summed E-state index contributed by atoms with van der Waals surface area (Å²) in [7, 11) is 0. The molecule has 0 aromatic heterocycles. The first-order valence-corrected chi connectivity index (χ1v) is 6.29. The Bertz CT molecular complexity index is 216. The quantitative estimate of drug-likeness (QED) is 0.677. The summed E-state index contributed by atoms with van der Waals surface area (Å²) in [6, 6.07) is 0.961. The third kappa shape index (κ3) is 1.59. The zero-order chi connectivity index (χ0) is 9.54. The Kier molecular flexibility index (Phi) is 2.29. The van der Waals surface area contributed by atoms with Crippen LogP contribution in [0.3, 0.4) is 0 Å². The summed E-state index contributed by atoms with van der Waals surface area (Å²) in [4.78, 5) is 2.78.